The van der Waals surface area contributed by atoms with Crippen molar-refractivity contribution in [2.75, 3.05) is 54.6 Å². The molecule has 2 aromatic rings. The first-order chi connectivity index (χ1) is 14.0. The number of nitrogen functional groups attached to an aromatic ring is 2. The molecule has 0 spiro atoms. The average Bonchev–Trinajstić information content (AvgIpc) is 3.01. The molecule has 29 heavy (non-hydrogen) atoms. The largest absolute Gasteiger partial charge is 0.383 e. The molecule has 0 bridgehead atoms. The molecule has 1 fully saturated rings. The minimum Gasteiger partial charge on any atom is -0.383 e. The van der Waals surface area contributed by atoms with Crippen molar-refractivity contribution in [1.82, 2.24) is 4.98 Å². The summed E-state index contributed by atoms with van der Waals surface area (Å²) < 4.78 is 5.12. The number of piperidine rings is 1. The number of fused-ring (bicyclic) bond motifs is 3. The van der Waals surface area contributed by atoms with Crippen LogP contribution in [-0.2, 0) is 16.0 Å². The number of aromatic nitrogens is 2. The highest BCUT2D eigenvalue weighted by Crippen LogP contribution is 2.40. The molecule has 0 unspecified atom stereocenters. The Morgan fingerprint density at radius 3 is 2.69 bits per heavy atom. The van der Waals surface area contributed by atoms with E-state index in [9.17, 15) is 10.1 Å². The molecule has 9 heteroatoms. The average molecular weight is 396 g/mol. The predicted molar refractivity (Wildman–Crippen MR) is 110 cm³/mol. The zero-order valence-corrected chi connectivity index (χ0v) is 16.8. The number of amides is 1. The van der Waals surface area contributed by atoms with Crippen molar-refractivity contribution in [3.8, 4) is 6.07 Å². The molecule has 2 aliphatic rings. The summed E-state index contributed by atoms with van der Waals surface area (Å²) in [5.74, 6) is 2.34. The van der Waals surface area contributed by atoms with E-state index < -0.39 is 0 Å². The molecule has 4 heterocycles. The lowest BCUT2D eigenvalue weighted by atomic mass is 9.97. The molecule has 0 atom stereocenters. The Bertz CT molecular complexity index is 1020. The van der Waals surface area contributed by atoms with E-state index in [1.807, 2.05) is 0 Å². The second-order valence-corrected chi connectivity index (χ2v) is 7.81. The summed E-state index contributed by atoms with van der Waals surface area (Å²) >= 11 is 0. The lowest BCUT2D eigenvalue weighted by Gasteiger charge is -2.28. The van der Waals surface area contributed by atoms with Gasteiger partial charge in [-0.2, -0.15) is 5.26 Å². The SMILES string of the molecule is COCCN1C(=O)Cc2c1nc(N)c1c(N)[nH+]c(N3CCC(C)CC3)c(C#N)c21. The number of carbonyl (C=O) groups excluding carboxylic acids is 1. The number of pyridine rings is 2. The summed E-state index contributed by atoms with van der Waals surface area (Å²) in [7, 11) is 1.58. The minimum atomic E-state index is -0.0832. The van der Waals surface area contributed by atoms with Gasteiger partial charge >= 0.3 is 0 Å². The lowest BCUT2D eigenvalue weighted by Crippen LogP contribution is -2.38. The second-order valence-electron chi connectivity index (χ2n) is 7.81. The number of nitriles is 1. The zero-order chi connectivity index (χ0) is 20.7. The summed E-state index contributed by atoms with van der Waals surface area (Å²) in [5, 5.41) is 11.2. The van der Waals surface area contributed by atoms with Gasteiger partial charge in [0.15, 0.2) is 0 Å². The van der Waals surface area contributed by atoms with Crippen molar-refractivity contribution in [2.45, 2.75) is 26.2 Å². The van der Waals surface area contributed by atoms with E-state index >= 15 is 0 Å². The molecule has 2 aliphatic heterocycles. The smallest absolute Gasteiger partial charge is 0.240 e. The van der Waals surface area contributed by atoms with E-state index in [1.54, 1.807) is 12.0 Å². The van der Waals surface area contributed by atoms with Crippen LogP contribution in [0.3, 0.4) is 0 Å². The van der Waals surface area contributed by atoms with Crippen LogP contribution in [0.15, 0.2) is 0 Å². The van der Waals surface area contributed by atoms with Gasteiger partial charge in [-0.15, -0.1) is 0 Å². The number of hydrogen-bond donors (Lipinski definition) is 2. The van der Waals surface area contributed by atoms with Crippen LogP contribution in [0.4, 0.5) is 23.3 Å². The van der Waals surface area contributed by atoms with Crippen molar-refractivity contribution in [2.24, 2.45) is 5.92 Å². The van der Waals surface area contributed by atoms with Crippen LogP contribution in [-0.4, -0.2) is 44.2 Å². The molecule has 0 saturated carbocycles. The van der Waals surface area contributed by atoms with Gasteiger partial charge < -0.3 is 16.2 Å². The van der Waals surface area contributed by atoms with E-state index in [0.29, 0.717) is 58.4 Å². The highest BCUT2D eigenvalue weighted by atomic mass is 16.5. The summed E-state index contributed by atoms with van der Waals surface area (Å²) in [5.41, 5.74) is 13.7. The Morgan fingerprint density at radius 1 is 1.31 bits per heavy atom. The van der Waals surface area contributed by atoms with Gasteiger partial charge in [0.25, 0.3) is 0 Å². The monoisotopic (exact) mass is 396 g/mol. The Morgan fingerprint density at radius 2 is 2.03 bits per heavy atom. The first-order valence-corrected chi connectivity index (χ1v) is 9.87. The quantitative estimate of drug-likeness (QED) is 0.782. The molecule has 0 radical (unpaired) electrons. The Labute approximate surface area is 169 Å². The predicted octanol–water partition coefficient (Wildman–Crippen LogP) is 0.857. The van der Waals surface area contributed by atoms with E-state index in [2.05, 4.69) is 27.9 Å². The number of methoxy groups -OCH3 is 1. The summed E-state index contributed by atoms with van der Waals surface area (Å²) in [4.78, 5) is 24.0. The highest BCUT2D eigenvalue weighted by Gasteiger charge is 2.35. The van der Waals surface area contributed by atoms with Crippen LogP contribution in [0.25, 0.3) is 10.8 Å². The summed E-state index contributed by atoms with van der Waals surface area (Å²) in [6, 6.07) is 2.34. The van der Waals surface area contributed by atoms with Crippen LogP contribution in [0.5, 0.6) is 0 Å². The number of hydrogen-bond acceptors (Lipinski definition) is 7. The van der Waals surface area contributed by atoms with E-state index in [0.717, 1.165) is 25.9 Å². The summed E-state index contributed by atoms with van der Waals surface area (Å²) in [6.45, 7) is 4.70. The third-order valence-corrected chi connectivity index (χ3v) is 5.93. The molecule has 9 nitrogen and oxygen atoms in total. The van der Waals surface area contributed by atoms with Gasteiger partial charge in [-0.25, -0.2) is 9.97 Å². The van der Waals surface area contributed by atoms with E-state index in [1.165, 1.54) is 0 Å². The van der Waals surface area contributed by atoms with Gasteiger partial charge in [-0.1, -0.05) is 6.92 Å². The van der Waals surface area contributed by atoms with Gasteiger partial charge in [0.2, 0.25) is 17.5 Å². The molecule has 5 N–H and O–H groups in total. The van der Waals surface area contributed by atoms with Crippen molar-refractivity contribution in [3.63, 3.8) is 0 Å². The summed E-state index contributed by atoms with van der Waals surface area (Å²) in [6.07, 6.45) is 2.27. The fourth-order valence-electron chi connectivity index (χ4n) is 4.29. The highest BCUT2D eigenvalue weighted by molar-refractivity contribution is 6.12. The van der Waals surface area contributed by atoms with Crippen molar-refractivity contribution in [3.05, 3.63) is 11.1 Å². The Kier molecular flexibility index (Phi) is 4.88. The third kappa shape index (κ3) is 3.09. The maximum absolute atomic E-state index is 12.7. The fraction of sp³-hybridized carbons (Fsp3) is 0.500. The number of aromatic amines is 1. The standard InChI is InChI=1S/C20H25N7O2/c1-11-3-5-26(6-4-11)19-13(10-21)15-12-9-14(28)27(7-8-29-2)20(12)25-18(23)16(15)17(22)24-19/h11H,3-9H2,1-2H3,(H2,22,24)(H2,23,25)/p+1. The van der Waals surface area contributed by atoms with Crippen LogP contribution >= 0.6 is 0 Å². The third-order valence-electron chi connectivity index (χ3n) is 5.93. The molecular formula is C20H26N7O2+. The van der Waals surface area contributed by atoms with E-state index in [4.69, 9.17) is 16.2 Å². The van der Waals surface area contributed by atoms with E-state index in [-0.39, 0.29) is 18.1 Å². The number of anilines is 4. The van der Waals surface area contributed by atoms with Gasteiger partial charge in [0.1, 0.15) is 23.3 Å². The first-order valence-electron chi connectivity index (χ1n) is 9.87. The molecule has 2 aromatic heterocycles. The molecular weight excluding hydrogens is 370 g/mol. The van der Waals surface area contributed by atoms with Gasteiger partial charge in [-0.3, -0.25) is 14.6 Å². The van der Waals surface area contributed by atoms with Crippen LogP contribution in [0, 0.1) is 17.2 Å². The topological polar surface area (TPSA) is 136 Å². The first kappa shape index (κ1) is 19.2. The maximum Gasteiger partial charge on any atom is 0.240 e. The molecule has 4 rings (SSSR count). The fourth-order valence-corrected chi connectivity index (χ4v) is 4.29. The molecule has 0 aromatic carbocycles. The number of rotatable bonds is 4. The number of nitrogens with one attached hydrogen (secondary N) is 1. The van der Waals surface area contributed by atoms with Gasteiger partial charge in [0.05, 0.1) is 38.0 Å². The van der Waals surface area contributed by atoms with Crippen molar-refractivity contribution >= 4 is 40.0 Å². The van der Waals surface area contributed by atoms with Crippen LogP contribution in [0.2, 0.25) is 0 Å². The molecule has 1 saturated heterocycles. The second kappa shape index (κ2) is 7.37. The maximum atomic E-state index is 12.7. The van der Waals surface area contributed by atoms with Gasteiger partial charge in [0, 0.05) is 18.1 Å². The van der Waals surface area contributed by atoms with Crippen LogP contribution in [0.1, 0.15) is 30.9 Å². The number of carbonyl (C=O) groups is 1. The van der Waals surface area contributed by atoms with Gasteiger partial charge in [-0.05, 0) is 18.8 Å². The van der Waals surface area contributed by atoms with Crippen LogP contribution < -0.4 is 26.3 Å². The minimum absolute atomic E-state index is 0.0832. The molecule has 1 amide bonds. The zero-order valence-electron chi connectivity index (χ0n) is 16.8. The number of nitrogens with two attached hydrogens (primary N) is 2. The normalized spacial score (nSPS) is 17.1. The lowest BCUT2D eigenvalue weighted by molar-refractivity contribution is -0.345. The number of nitrogens with zero attached hydrogens (tertiary/aromatic N) is 4. The number of ether oxygens (including phenoxy) is 1. The molecule has 152 valence electrons. The van der Waals surface area contributed by atoms with Crippen molar-refractivity contribution in [1.29, 1.82) is 5.26 Å². The Balaban J connectivity index is 1.93. The number of H-pyrrole nitrogens is 1. The molecule has 0 aliphatic carbocycles. The Hall–Kier alpha value is -3.12. The van der Waals surface area contributed by atoms with Crippen molar-refractivity contribution < 1.29 is 14.5 Å².